The first kappa shape index (κ1) is 22.9. The zero-order valence-electron chi connectivity index (χ0n) is 15.1. The number of halogens is 6. The standard InChI is InChI=1S/C19H17F6NO2S/c1-13-7-9-15(10-8-13)26-16(18(22,23)19(24,25)17(20)21)12-29(27,28)11-14-5-3-2-4-6-14/h2-10,17H,11-12H2,1H3. The molecule has 0 heterocycles. The van der Waals surface area contributed by atoms with Gasteiger partial charge in [0.05, 0.1) is 17.2 Å². The molecule has 0 N–H and O–H groups in total. The van der Waals surface area contributed by atoms with Crippen molar-refractivity contribution >= 4 is 21.2 Å². The minimum Gasteiger partial charge on any atom is -0.250 e. The molecule has 0 bridgehead atoms. The minimum absolute atomic E-state index is 0.228. The van der Waals surface area contributed by atoms with Gasteiger partial charge in [-0.2, -0.15) is 17.6 Å². The van der Waals surface area contributed by atoms with Crippen LogP contribution in [0.5, 0.6) is 0 Å². The zero-order chi connectivity index (χ0) is 21.9. The van der Waals surface area contributed by atoms with E-state index in [-0.39, 0.29) is 11.3 Å². The van der Waals surface area contributed by atoms with Gasteiger partial charge in [0.15, 0.2) is 9.84 Å². The number of hydrogen-bond acceptors (Lipinski definition) is 3. The highest BCUT2D eigenvalue weighted by Gasteiger charge is 2.66. The molecule has 0 aromatic heterocycles. The van der Waals surface area contributed by atoms with E-state index >= 15 is 0 Å². The molecule has 29 heavy (non-hydrogen) atoms. The molecule has 0 aliphatic rings. The number of nitrogens with zero attached hydrogens (tertiary/aromatic N) is 1. The van der Waals surface area contributed by atoms with Gasteiger partial charge in [0.2, 0.25) is 0 Å². The second kappa shape index (κ2) is 8.56. The van der Waals surface area contributed by atoms with Crippen molar-refractivity contribution in [3.63, 3.8) is 0 Å². The quantitative estimate of drug-likeness (QED) is 0.420. The van der Waals surface area contributed by atoms with Gasteiger partial charge in [-0.25, -0.2) is 17.2 Å². The lowest BCUT2D eigenvalue weighted by Crippen LogP contribution is -2.53. The summed E-state index contributed by atoms with van der Waals surface area (Å²) in [5.74, 6) is -13.6. The first-order chi connectivity index (χ1) is 13.3. The molecule has 2 aromatic rings. The Balaban J connectivity index is 2.48. The van der Waals surface area contributed by atoms with Crippen LogP contribution in [-0.4, -0.2) is 38.2 Å². The summed E-state index contributed by atoms with van der Waals surface area (Å²) in [7, 11) is -4.42. The molecule has 2 aromatic carbocycles. The van der Waals surface area contributed by atoms with E-state index in [1.807, 2.05) is 0 Å². The third-order valence-corrected chi connectivity index (χ3v) is 5.43. The maximum atomic E-state index is 14.3. The molecule has 2 rings (SSSR count). The molecule has 0 fully saturated rings. The van der Waals surface area contributed by atoms with Crippen molar-refractivity contribution in [3.05, 3.63) is 65.7 Å². The molecule has 0 saturated heterocycles. The number of benzene rings is 2. The number of aliphatic imine (C=N–C) groups is 1. The second-order valence-corrected chi connectivity index (χ2v) is 8.47. The molecule has 0 spiro atoms. The van der Waals surface area contributed by atoms with Crippen LogP contribution in [0, 0.1) is 6.92 Å². The van der Waals surface area contributed by atoms with E-state index in [0.717, 1.165) is 0 Å². The summed E-state index contributed by atoms with van der Waals surface area (Å²) >= 11 is 0. The molecule has 3 nitrogen and oxygen atoms in total. The fourth-order valence-electron chi connectivity index (χ4n) is 2.39. The van der Waals surface area contributed by atoms with Gasteiger partial charge in [-0.3, -0.25) is 4.99 Å². The van der Waals surface area contributed by atoms with Crippen LogP contribution in [0.15, 0.2) is 59.6 Å². The SMILES string of the molecule is Cc1ccc(N=C(CS(=O)(=O)Cc2ccccc2)C(F)(F)C(F)(F)C(F)F)cc1. The number of rotatable bonds is 8. The van der Waals surface area contributed by atoms with Crippen LogP contribution in [0.4, 0.5) is 32.0 Å². The van der Waals surface area contributed by atoms with Crippen molar-refractivity contribution < 1.29 is 34.8 Å². The van der Waals surface area contributed by atoms with Gasteiger partial charge in [0, 0.05) is 0 Å². The summed E-state index contributed by atoms with van der Waals surface area (Å²) < 4.78 is 106. The molecule has 0 atom stereocenters. The van der Waals surface area contributed by atoms with Crippen LogP contribution in [0.25, 0.3) is 0 Å². The summed E-state index contributed by atoms with van der Waals surface area (Å²) in [5.41, 5.74) is -1.18. The molecular formula is C19H17F6NO2S. The highest BCUT2D eigenvalue weighted by molar-refractivity contribution is 7.91. The van der Waals surface area contributed by atoms with Gasteiger partial charge in [-0.1, -0.05) is 48.0 Å². The van der Waals surface area contributed by atoms with E-state index in [0.29, 0.717) is 5.56 Å². The Hall–Kier alpha value is -2.36. The topological polar surface area (TPSA) is 46.5 Å². The van der Waals surface area contributed by atoms with Gasteiger partial charge >= 0.3 is 18.3 Å². The summed E-state index contributed by atoms with van der Waals surface area (Å²) in [5, 5.41) is 0. The van der Waals surface area contributed by atoms with Crippen LogP contribution >= 0.6 is 0 Å². The number of aryl methyl sites for hydroxylation is 1. The molecule has 0 amide bonds. The fraction of sp³-hybridized carbons (Fsp3) is 0.316. The average molecular weight is 437 g/mol. The largest absolute Gasteiger partial charge is 0.374 e. The lowest BCUT2D eigenvalue weighted by Gasteiger charge is -2.27. The van der Waals surface area contributed by atoms with Crippen LogP contribution in [0.1, 0.15) is 11.1 Å². The molecule has 158 valence electrons. The smallest absolute Gasteiger partial charge is 0.250 e. The number of alkyl halides is 6. The van der Waals surface area contributed by atoms with E-state index in [2.05, 4.69) is 4.99 Å². The van der Waals surface area contributed by atoms with Crippen molar-refractivity contribution in [2.45, 2.75) is 30.9 Å². The van der Waals surface area contributed by atoms with Crippen molar-refractivity contribution in [2.24, 2.45) is 4.99 Å². The zero-order valence-corrected chi connectivity index (χ0v) is 15.9. The Kier molecular flexibility index (Phi) is 6.77. The van der Waals surface area contributed by atoms with Gasteiger partial charge in [0.25, 0.3) is 0 Å². The number of hydrogen-bond donors (Lipinski definition) is 0. The van der Waals surface area contributed by atoms with Gasteiger partial charge < -0.3 is 0 Å². The molecule has 0 unspecified atom stereocenters. The summed E-state index contributed by atoms with van der Waals surface area (Å²) in [6.07, 6.45) is -4.71. The summed E-state index contributed by atoms with van der Waals surface area (Å²) in [6, 6.07) is 12.7. The Bertz CT molecular complexity index is 958. The number of sulfone groups is 1. The predicted molar refractivity (Wildman–Crippen MR) is 98.1 cm³/mol. The minimum atomic E-state index is -5.79. The normalized spacial score (nSPS) is 13.7. The third kappa shape index (κ3) is 5.59. The Morgan fingerprint density at radius 1 is 0.966 bits per heavy atom. The Morgan fingerprint density at radius 2 is 1.52 bits per heavy atom. The van der Waals surface area contributed by atoms with Crippen LogP contribution in [0.2, 0.25) is 0 Å². The third-order valence-electron chi connectivity index (χ3n) is 3.94. The van der Waals surface area contributed by atoms with Crippen molar-refractivity contribution in [2.75, 3.05) is 5.75 Å². The van der Waals surface area contributed by atoms with Crippen LogP contribution in [-0.2, 0) is 15.6 Å². The van der Waals surface area contributed by atoms with E-state index in [1.54, 1.807) is 13.0 Å². The molecule has 0 aliphatic heterocycles. The highest BCUT2D eigenvalue weighted by atomic mass is 32.2. The molecule has 10 heteroatoms. The van der Waals surface area contributed by atoms with Crippen molar-refractivity contribution in [1.82, 2.24) is 0 Å². The van der Waals surface area contributed by atoms with E-state index in [1.165, 1.54) is 48.5 Å². The van der Waals surface area contributed by atoms with Crippen molar-refractivity contribution in [3.8, 4) is 0 Å². The molecular weight excluding hydrogens is 420 g/mol. The predicted octanol–water partition coefficient (Wildman–Crippen LogP) is 5.22. The molecule has 0 aliphatic carbocycles. The summed E-state index contributed by atoms with van der Waals surface area (Å²) in [4.78, 5) is 3.32. The second-order valence-electron chi connectivity index (χ2n) is 6.41. The Morgan fingerprint density at radius 3 is 2.03 bits per heavy atom. The van der Waals surface area contributed by atoms with Gasteiger partial charge in [-0.05, 0) is 24.6 Å². The van der Waals surface area contributed by atoms with E-state index in [4.69, 9.17) is 0 Å². The monoisotopic (exact) mass is 437 g/mol. The fourth-order valence-corrected chi connectivity index (χ4v) is 3.85. The van der Waals surface area contributed by atoms with Crippen LogP contribution < -0.4 is 0 Å². The summed E-state index contributed by atoms with van der Waals surface area (Å²) in [6.45, 7) is 1.66. The van der Waals surface area contributed by atoms with E-state index < -0.39 is 45.3 Å². The maximum Gasteiger partial charge on any atom is 0.374 e. The van der Waals surface area contributed by atoms with E-state index in [9.17, 15) is 34.8 Å². The van der Waals surface area contributed by atoms with Gasteiger partial charge in [-0.15, -0.1) is 0 Å². The average Bonchev–Trinajstić information content (AvgIpc) is 2.63. The first-order valence-electron chi connectivity index (χ1n) is 8.28. The molecule has 0 radical (unpaired) electrons. The van der Waals surface area contributed by atoms with Crippen molar-refractivity contribution in [1.29, 1.82) is 0 Å². The first-order valence-corrected chi connectivity index (χ1v) is 10.1. The lowest BCUT2D eigenvalue weighted by atomic mass is 10.1. The maximum absolute atomic E-state index is 14.3. The van der Waals surface area contributed by atoms with Gasteiger partial charge in [0.1, 0.15) is 5.71 Å². The Labute approximate surface area is 164 Å². The highest BCUT2D eigenvalue weighted by Crippen LogP contribution is 2.41. The molecule has 0 saturated carbocycles. The lowest BCUT2D eigenvalue weighted by molar-refractivity contribution is -0.232. The van der Waals surface area contributed by atoms with Crippen LogP contribution in [0.3, 0.4) is 0 Å².